The number of imide groups is 1. The first kappa shape index (κ1) is 20.2. The van der Waals surface area contributed by atoms with Gasteiger partial charge in [-0.05, 0) is 38.0 Å². The molecule has 2 aromatic rings. The Morgan fingerprint density at radius 2 is 1.86 bits per heavy atom. The number of hydrogen-bond donors (Lipinski definition) is 0. The molecule has 0 saturated heterocycles. The Morgan fingerprint density at radius 1 is 1.14 bits per heavy atom. The second-order valence-electron chi connectivity index (χ2n) is 6.90. The lowest BCUT2D eigenvalue weighted by Gasteiger charge is -2.15. The molecular weight excluding hydrogens is 376 g/mol. The molecule has 0 N–H and O–H groups in total. The summed E-state index contributed by atoms with van der Waals surface area (Å²) >= 11 is 0. The fourth-order valence-electron chi connectivity index (χ4n) is 3.20. The number of carbonyl (C=O) groups excluding carboxylic acids is 3. The van der Waals surface area contributed by atoms with Gasteiger partial charge in [-0.2, -0.15) is 0 Å². The maximum atomic E-state index is 12.4. The van der Waals surface area contributed by atoms with Crippen molar-refractivity contribution in [1.82, 2.24) is 4.90 Å². The summed E-state index contributed by atoms with van der Waals surface area (Å²) in [6.45, 7) is 3.59. The molecular formula is C21H20N2O6. The van der Waals surface area contributed by atoms with E-state index < -0.39 is 17.0 Å². The number of amides is 2. The Kier molecular flexibility index (Phi) is 5.72. The molecule has 0 bridgehead atoms. The number of aryl methyl sites for hydroxylation is 1. The Labute approximate surface area is 167 Å². The second-order valence-corrected chi connectivity index (χ2v) is 6.90. The molecule has 150 valence electrons. The standard InChI is InChI=1S/C21H20N2O6/c1-13-8-9-17-18(11-13)21(26)22(20(17)25)10-4-7-19(24)29-14(2)15-5-3-6-16(12-15)23(27)28/h3,5-6,8-9,11-12,14H,4,7,10H2,1-2H3. The fraction of sp³-hybridized carbons (Fsp3) is 0.286. The number of fused-ring (bicyclic) bond motifs is 1. The molecule has 2 amide bonds. The third kappa shape index (κ3) is 4.31. The van der Waals surface area contributed by atoms with Gasteiger partial charge in [0.25, 0.3) is 17.5 Å². The quantitative estimate of drug-likeness (QED) is 0.306. The van der Waals surface area contributed by atoms with E-state index in [9.17, 15) is 24.5 Å². The molecule has 0 saturated carbocycles. The van der Waals surface area contributed by atoms with Crippen LogP contribution in [0.1, 0.15) is 57.7 Å². The first-order valence-electron chi connectivity index (χ1n) is 9.18. The minimum atomic E-state index is -0.648. The second kappa shape index (κ2) is 8.22. The number of hydrogen-bond acceptors (Lipinski definition) is 6. The van der Waals surface area contributed by atoms with Gasteiger partial charge in [0.15, 0.2) is 0 Å². The zero-order valence-electron chi connectivity index (χ0n) is 16.1. The van der Waals surface area contributed by atoms with Crippen LogP contribution in [0, 0.1) is 17.0 Å². The molecule has 1 heterocycles. The van der Waals surface area contributed by atoms with Gasteiger partial charge in [0.2, 0.25) is 0 Å². The highest BCUT2D eigenvalue weighted by Crippen LogP contribution is 2.25. The lowest BCUT2D eigenvalue weighted by Crippen LogP contribution is -2.31. The SMILES string of the molecule is Cc1ccc2c(c1)C(=O)N(CCCC(=O)OC(C)c1cccc([N+](=O)[O-])c1)C2=O. The molecule has 3 rings (SSSR count). The molecule has 1 aliphatic heterocycles. The molecule has 1 aliphatic rings. The molecule has 0 spiro atoms. The molecule has 1 atom stereocenters. The summed E-state index contributed by atoms with van der Waals surface area (Å²) in [7, 11) is 0. The van der Waals surface area contributed by atoms with E-state index in [1.807, 2.05) is 6.92 Å². The third-order valence-electron chi connectivity index (χ3n) is 4.75. The zero-order valence-corrected chi connectivity index (χ0v) is 16.1. The van der Waals surface area contributed by atoms with Crippen LogP contribution < -0.4 is 0 Å². The summed E-state index contributed by atoms with van der Waals surface area (Å²) in [5, 5.41) is 10.9. The van der Waals surface area contributed by atoms with Crippen molar-refractivity contribution in [3.8, 4) is 0 Å². The lowest BCUT2D eigenvalue weighted by atomic mass is 10.1. The summed E-state index contributed by atoms with van der Waals surface area (Å²) in [4.78, 5) is 48.4. The maximum absolute atomic E-state index is 12.4. The minimum Gasteiger partial charge on any atom is -0.458 e. The van der Waals surface area contributed by atoms with Gasteiger partial charge in [-0.15, -0.1) is 0 Å². The van der Waals surface area contributed by atoms with Crippen LogP contribution in [0.5, 0.6) is 0 Å². The van der Waals surface area contributed by atoms with Crippen LogP contribution in [0.15, 0.2) is 42.5 Å². The number of esters is 1. The van der Waals surface area contributed by atoms with Crippen molar-refractivity contribution >= 4 is 23.5 Å². The van der Waals surface area contributed by atoms with Gasteiger partial charge in [-0.1, -0.05) is 23.8 Å². The van der Waals surface area contributed by atoms with Gasteiger partial charge >= 0.3 is 5.97 Å². The number of ether oxygens (including phenoxy) is 1. The topological polar surface area (TPSA) is 107 Å². The predicted molar refractivity (Wildman–Crippen MR) is 103 cm³/mol. The smallest absolute Gasteiger partial charge is 0.306 e. The highest BCUT2D eigenvalue weighted by molar-refractivity contribution is 6.21. The highest BCUT2D eigenvalue weighted by atomic mass is 16.6. The van der Waals surface area contributed by atoms with E-state index in [1.165, 1.54) is 18.2 Å². The fourth-order valence-corrected chi connectivity index (χ4v) is 3.20. The number of nitro benzene ring substituents is 1. The Hall–Kier alpha value is -3.55. The van der Waals surface area contributed by atoms with Crippen molar-refractivity contribution in [3.05, 3.63) is 74.8 Å². The first-order valence-corrected chi connectivity index (χ1v) is 9.18. The molecule has 0 fully saturated rings. The largest absolute Gasteiger partial charge is 0.458 e. The Bertz CT molecular complexity index is 1000. The molecule has 29 heavy (non-hydrogen) atoms. The van der Waals surface area contributed by atoms with E-state index in [2.05, 4.69) is 0 Å². The molecule has 0 radical (unpaired) electrons. The van der Waals surface area contributed by atoms with Crippen molar-refractivity contribution in [2.45, 2.75) is 32.8 Å². The van der Waals surface area contributed by atoms with E-state index >= 15 is 0 Å². The first-order chi connectivity index (χ1) is 13.8. The number of non-ortho nitro benzene ring substituents is 1. The maximum Gasteiger partial charge on any atom is 0.306 e. The summed E-state index contributed by atoms with van der Waals surface area (Å²) in [5.74, 6) is -1.22. The van der Waals surface area contributed by atoms with Crippen molar-refractivity contribution in [1.29, 1.82) is 0 Å². The van der Waals surface area contributed by atoms with Crippen molar-refractivity contribution < 1.29 is 24.0 Å². The van der Waals surface area contributed by atoms with Crippen LogP contribution in [0.4, 0.5) is 5.69 Å². The summed E-state index contributed by atoms with van der Waals surface area (Å²) in [6, 6.07) is 11.0. The van der Waals surface area contributed by atoms with Gasteiger partial charge in [0, 0.05) is 25.1 Å². The Morgan fingerprint density at radius 3 is 2.59 bits per heavy atom. The summed E-state index contributed by atoms with van der Waals surface area (Å²) in [5.41, 5.74) is 2.10. The molecule has 1 unspecified atom stereocenters. The monoisotopic (exact) mass is 396 g/mol. The van der Waals surface area contributed by atoms with Gasteiger partial charge in [0.05, 0.1) is 16.1 Å². The minimum absolute atomic E-state index is 0.0195. The highest BCUT2D eigenvalue weighted by Gasteiger charge is 2.35. The average Bonchev–Trinajstić information content (AvgIpc) is 2.92. The van der Waals surface area contributed by atoms with Crippen LogP contribution in [-0.4, -0.2) is 34.2 Å². The summed E-state index contributed by atoms with van der Waals surface area (Å²) in [6.07, 6.45) is -0.360. The van der Waals surface area contributed by atoms with Crippen molar-refractivity contribution in [3.63, 3.8) is 0 Å². The molecule has 8 nitrogen and oxygen atoms in total. The van der Waals surface area contributed by atoms with E-state index in [0.717, 1.165) is 10.5 Å². The van der Waals surface area contributed by atoms with Gasteiger partial charge in [-0.25, -0.2) is 0 Å². The number of nitro groups is 1. The van der Waals surface area contributed by atoms with Gasteiger partial charge < -0.3 is 4.74 Å². The van der Waals surface area contributed by atoms with Crippen LogP contribution in [0.3, 0.4) is 0 Å². The van der Waals surface area contributed by atoms with E-state index in [0.29, 0.717) is 16.7 Å². The zero-order chi connectivity index (χ0) is 21.1. The molecule has 0 aromatic heterocycles. The van der Waals surface area contributed by atoms with Crippen molar-refractivity contribution in [2.75, 3.05) is 6.54 Å². The van der Waals surface area contributed by atoms with E-state index in [-0.39, 0.29) is 36.9 Å². The number of benzene rings is 2. The van der Waals surface area contributed by atoms with Crippen LogP contribution >= 0.6 is 0 Å². The number of carbonyl (C=O) groups is 3. The predicted octanol–water partition coefficient (Wildman–Crippen LogP) is 3.58. The third-order valence-corrected chi connectivity index (χ3v) is 4.75. The van der Waals surface area contributed by atoms with Crippen LogP contribution in [0.25, 0.3) is 0 Å². The lowest BCUT2D eigenvalue weighted by molar-refractivity contribution is -0.385. The van der Waals surface area contributed by atoms with Crippen LogP contribution in [-0.2, 0) is 9.53 Å². The van der Waals surface area contributed by atoms with E-state index in [1.54, 1.807) is 31.2 Å². The molecule has 8 heteroatoms. The normalized spacial score (nSPS) is 13.9. The van der Waals surface area contributed by atoms with Crippen molar-refractivity contribution in [2.24, 2.45) is 0 Å². The Balaban J connectivity index is 1.53. The van der Waals surface area contributed by atoms with Crippen LogP contribution in [0.2, 0.25) is 0 Å². The molecule has 2 aromatic carbocycles. The number of nitrogens with zero attached hydrogens (tertiary/aromatic N) is 2. The number of rotatable bonds is 7. The molecule has 0 aliphatic carbocycles. The van der Waals surface area contributed by atoms with E-state index in [4.69, 9.17) is 4.74 Å². The van der Waals surface area contributed by atoms with Gasteiger partial charge in [0.1, 0.15) is 6.10 Å². The summed E-state index contributed by atoms with van der Waals surface area (Å²) < 4.78 is 5.32. The average molecular weight is 396 g/mol. The van der Waals surface area contributed by atoms with Gasteiger partial charge in [-0.3, -0.25) is 29.4 Å².